The monoisotopic (exact) mass is 277 g/mol. The van der Waals surface area contributed by atoms with Crippen molar-refractivity contribution >= 4 is 23.0 Å². The number of hydrogen-bond donors (Lipinski definition) is 1. The average Bonchev–Trinajstić information content (AvgIpc) is 2.85. The van der Waals surface area contributed by atoms with Crippen molar-refractivity contribution in [2.75, 3.05) is 12.4 Å². The van der Waals surface area contributed by atoms with E-state index in [4.69, 9.17) is 0 Å². The maximum atomic E-state index is 11.4. The van der Waals surface area contributed by atoms with Crippen LogP contribution < -0.4 is 5.32 Å². The summed E-state index contributed by atoms with van der Waals surface area (Å²) in [4.78, 5) is 20.9. The minimum Gasteiger partial charge on any atom is -0.464 e. The summed E-state index contributed by atoms with van der Waals surface area (Å²) < 4.78 is 4.64. The van der Waals surface area contributed by atoms with E-state index in [0.29, 0.717) is 0 Å². The Morgan fingerprint density at radius 1 is 1.47 bits per heavy atom. The van der Waals surface area contributed by atoms with Gasteiger partial charge in [-0.1, -0.05) is 0 Å². The second-order valence-corrected chi connectivity index (χ2v) is 5.36. The summed E-state index contributed by atoms with van der Waals surface area (Å²) in [5, 5.41) is 4.30. The maximum Gasteiger partial charge on any atom is 0.356 e. The number of thiazole rings is 1. The van der Waals surface area contributed by atoms with Gasteiger partial charge in [-0.05, 0) is 26.0 Å². The summed E-state index contributed by atoms with van der Waals surface area (Å²) in [6.07, 6.45) is 3.43. The molecule has 0 saturated heterocycles. The third kappa shape index (κ3) is 3.29. The fourth-order valence-electron chi connectivity index (χ4n) is 1.62. The molecule has 0 aliphatic rings. The summed E-state index contributed by atoms with van der Waals surface area (Å²) in [7, 11) is 1.34. The lowest BCUT2D eigenvalue weighted by molar-refractivity contribution is 0.0594. The molecule has 0 saturated carbocycles. The van der Waals surface area contributed by atoms with Gasteiger partial charge in [-0.15, -0.1) is 11.3 Å². The van der Waals surface area contributed by atoms with Gasteiger partial charge < -0.3 is 10.1 Å². The molecule has 0 fully saturated rings. The Labute approximate surface area is 115 Å². The molecule has 0 aromatic carbocycles. The number of methoxy groups -OCH3 is 1. The number of hydrogen-bond acceptors (Lipinski definition) is 6. The van der Waals surface area contributed by atoms with Crippen molar-refractivity contribution in [2.45, 2.75) is 19.9 Å². The Bertz CT molecular complexity index is 583. The Morgan fingerprint density at radius 3 is 2.89 bits per heavy atom. The van der Waals surface area contributed by atoms with Crippen LogP contribution in [0.3, 0.4) is 0 Å². The smallest absolute Gasteiger partial charge is 0.356 e. The highest BCUT2D eigenvalue weighted by atomic mass is 32.1. The second kappa shape index (κ2) is 5.79. The lowest BCUT2D eigenvalue weighted by Gasteiger charge is -2.12. The van der Waals surface area contributed by atoms with Crippen molar-refractivity contribution in [3.05, 3.63) is 40.1 Å². The van der Waals surface area contributed by atoms with Gasteiger partial charge in [0.25, 0.3) is 0 Å². The first-order chi connectivity index (χ1) is 9.10. The molecule has 2 aromatic heterocycles. The zero-order valence-corrected chi connectivity index (χ0v) is 11.8. The predicted octanol–water partition coefficient (Wildman–Crippen LogP) is 2.81. The van der Waals surface area contributed by atoms with E-state index in [0.717, 1.165) is 10.7 Å². The molecule has 1 atom stereocenters. The van der Waals surface area contributed by atoms with Crippen molar-refractivity contribution in [3.63, 3.8) is 0 Å². The third-order valence-corrected chi connectivity index (χ3v) is 3.64. The fourth-order valence-corrected chi connectivity index (χ4v) is 2.40. The van der Waals surface area contributed by atoms with Crippen LogP contribution >= 0.6 is 11.3 Å². The van der Waals surface area contributed by atoms with Gasteiger partial charge in [0, 0.05) is 23.0 Å². The summed E-state index contributed by atoms with van der Waals surface area (Å²) in [6.45, 7) is 4.05. The molecular formula is C13H15N3O2S. The van der Waals surface area contributed by atoms with E-state index >= 15 is 0 Å². The van der Waals surface area contributed by atoms with E-state index in [1.807, 2.05) is 26.1 Å². The number of nitrogens with one attached hydrogen (secondary N) is 1. The van der Waals surface area contributed by atoms with Gasteiger partial charge in [-0.3, -0.25) is 0 Å². The average molecular weight is 277 g/mol. The summed E-state index contributed by atoms with van der Waals surface area (Å²) in [5.41, 5.74) is 1.10. The van der Waals surface area contributed by atoms with Crippen LogP contribution in [-0.2, 0) is 4.74 Å². The molecule has 0 amide bonds. The van der Waals surface area contributed by atoms with Crippen LogP contribution in [0.4, 0.5) is 5.69 Å². The highest BCUT2D eigenvalue weighted by molar-refractivity contribution is 7.11. The second-order valence-electron chi connectivity index (χ2n) is 4.10. The molecular weight excluding hydrogens is 262 g/mol. The standard InChI is InChI=1S/C13H15N3O2S/c1-8-7-15-12(19-8)9(2)16-10-4-5-14-11(6-10)13(17)18-3/h4-7,9H,1-3H3,(H,14,16). The number of nitrogens with zero attached hydrogens (tertiary/aromatic N) is 2. The lowest BCUT2D eigenvalue weighted by atomic mass is 10.2. The Hall–Kier alpha value is -1.95. The van der Waals surface area contributed by atoms with Gasteiger partial charge in [0.05, 0.1) is 13.2 Å². The first kappa shape index (κ1) is 13.5. The van der Waals surface area contributed by atoms with Crippen molar-refractivity contribution < 1.29 is 9.53 Å². The van der Waals surface area contributed by atoms with Gasteiger partial charge in [-0.2, -0.15) is 0 Å². The Kier molecular flexibility index (Phi) is 4.11. The molecule has 5 nitrogen and oxygen atoms in total. The van der Waals surface area contributed by atoms with E-state index in [1.165, 1.54) is 12.0 Å². The van der Waals surface area contributed by atoms with E-state index in [9.17, 15) is 4.79 Å². The SMILES string of the molecule is COC(=O)c1cc(NC(C)c2ncc(C)s2)ccn1. The Morgan fingerprint density at radius 2 is 2.26 bits per heavy atom. The molecule has 0 bridgehead atoms. The number of ether oxygens (including phenoxy) is 1. The number of esters is 1. The fraction of sp³-hybridized carbons (Fsp3) is 0.308. The number of pyridine rings is 1. The molecule has 100 valence electrons. The van der Waals surface area contributed by atoms with Crippen LogP contribution in [0.25, 0.3) is 0 Å². The van der Waals surface area contributed by atoms with Crippen LogP contribution in [0.2, 0.25) is 0 Å². The predicted molar refractivity (Wildman–Crippen MR) is 74.5 cm³/mol. The number of aryl methyl sites for hydroxylation is 1. The third-order valence-electron chi connectivity index (χ3n) is 2.55. The van der Waals surface area contributed by atoms with Gasteiger partial charge in [0.1, 0.15) is 10.7 Å². The zero-order valence-electron chi connectivity index (χ0n) is 11.0. The van der Waals surface area contributed by atoms with Crippen LogP contribution in [0, 0.1) is 6.92 Å². The molecule has 1 unspecified atom stereocenters. The van der Waals surface area contributed by atoms with Crippen LogP contribution in [-0.4, -0.2) is 23.0 Å². The number of carbonyl (C=O) groups is 1. The first-order valence-corrected chi connectivity index (χ1v) is 6.65. The summed E-state index contributed by atoms with van der Waals surface area (Å²) in [5.74, 6) is -0.443. The van der Waals surface area contributed by atoms with Gasteiger partial charge >= 0.3 is 5.97 Å². The van der Waals surface area contributed by atoms with E-state index < -0.39 is 5.97 Å². The van der Waals surface area contributed by atoms with Crippen LogP contribution in [0.15, 0.2) is 24.5 Å². The van der Waals surface area contributed by atoms with Gasteiger partial charge in [0.2, 0.25) is 0 Å². The summed E-state index contributed by atoms with van der Waals surface area (Å²) >= 11 is 1.65. The van der Waals surface area contributed by atoms with Crippen molar-refractivity contribution in [2.24, 2.45) is 0 Å². The topological polar surface area (TPSA) is 64.1 Å². The number of rotatable bonds is 4. The van der Waals surface area contributed by atoms with Gasteiger partial charge in [-0.25, -0.2) is 14.8 Å². The lowest BCUT2D eigenvalue weighted by Crippen LogP contribution is -2.09. The molecule has 0 aliphatic heterocycles. The number of aromatic nitrogens is 2. The zero-order chi connectivity index (χ0) is 13.8. The van der Waals surface area contributed by atoms with Crippen LogP contribution in [0.1, 0.15) is 33.3 Å². The molecule has 19 heavy (non-hydrogen) atoms. The van der Waals surface area contributed by atoms with E-state index in [-0.39, 0.29) is 11.7 Å². The maximum absolute atomic E-state index is 11.4. The normalized spacial score (nSPS) is 11.9. The van der Waals surface area contributed by atoms with Crippen molar-refractivity contribution in [1.82, 2.24) is 9.97 Å². The van der Waals surface area contributed by atoms with E-state index in [2.05, 4.69) is 20.0 Å². The molecule has 2 aromatic rings. The molecule has 0 aliphatic carbocycles. The number of carbonyl (C=O) groups excluding carboxylic acids is 1. The van der Waals surface area contributed by atoms with Crippen molar-refractivity contribution in [3.8, 4) is 0 Å². The quantitative estimate of drug-likeness (QED) is 0.871. The molecule has 1 N–H and O–H groups in total. The first-order valence-electron chi connectivity index (χ1n) is 5.83. The minimum atomic E-state index is -0.443. The van der Waals surface area contributed by atoms with Crippen LogP contribution in [0.5, 0.6) is 0 Å². The highest BCUT2D eigenvalue weighted by Crippen LogP contribution is 2.23. The minimum absolute atomic E-state index is 0.0756. The van der Waals surface area contributed by atoms with Gasteiger partial charge in [0.15, 0.2) is 0 Å². The highest BCUT2D eigenvalue weighted by Gasteiger charge is 2.11. The number of anilines is 1. The molecule has 2 rings (SSSR count). The molecule has 2 heterocycles. The Balaban J connectivity index is 2.12. The van der Waals surface area contributed by atoms with E-state index in [1.54, 1.807) is 23.6 Å². The molecule has 0 radical (unpaired) electrons. The van der Waals surface area contributed by atoms with Crippen molar-refractivity contribution in [1.29, 1.82) is 0 Å². The molecule has 6 heteroatoms. The summed E-state index contributed by atoms with van der Waals surface area (Å²) in [6, 6.07) is 3.55. The molecule has 0 spiro atoms. The largest absolute Gasteiger partial charge is 0.464 e.